The number of hydrogen-bond acceptors (Lipinski definition) is 2. The number of methoxy groups -OCH3 is 1. The maximum atomic E-state index is 6.21. The lowest BCUT2D eigenvalue weighted by atomic mass is 10.2. The number of rotatable bonds is 2. The summed E-state index contributed by atoms with van der Waals surface area (Å²) in [5.41, 5.74) is 1.06. The molecular formula is C11H13BrClNO. The largest absolute Gasteiger partial charge is 0.495 e. The highest BCUT2D eigenvalue weighted by Gasteiger charge is 2.20. The Morgan fingerprint density at radius 3 is 2.60 bits per heavy atom. The van der Waals surface area contributed by atoms with Gasteiger partial charge in [-0.05, 0) is 40.9 Å². The van der Waals surface area contributed by atoms with Gasteiger partial charge in [-0.25, -0.2) is 0 Å². The summed E-state index contributed by atoms with van der Waals surface area (Å²) in [6, 6.07) is 3.77. The third kappa shape index (κ3) is 2.08. The van der Waals surface area contributed by atoms with Crippen LogP contribution in [-0.4, -0.2) is 20.2 Å². The van der Waals surface area contributed by atoms with Crippen molar-refractivity contribution < 1.29 is 4.74 Å². The molecule has 0 unspecified atom stereocenters. The standard InChI is InChI=1S/C11H13BrClNO/c1-15-9-5-4-8(13)11(10(9)12)14-6-2-3-7-14/h4-5H,2-3,6-7H2,1H3. The van der Waals surface area contributed by atoms with Crippen LogP contribution in [0.2, 0.25) is 5.02 Å². The van der Waals surface area contributed by atoms with Crippen molar-refractivity contribution >= 4 is 33.2 Å². The summed E-state index contributed by atoms with van der Waals surface area (Å²) in [6.45, 7) is 2.15. The third-order valence-electron chi connectivity index (χ3n) is 2.67. The fourth-order valence-corrected chi connectivity index (χ4v) is 3.06. The SMILES string of the molecule is COc1ccc(Cl)c(N2CCCC2)c1Br. The van der Waals surface area contributed by atoms with Crippen LogP contribution in [0.3, 0.4) is 0 Å². The van der Waals surface area contributed by atoms with Gasteiger partial charge in [-0.3, -0.25) is 0 Å². The zero-order valence-electron chi connectivity index (χ0n) is 8.59. The maximum absolute atomic E-state index is 6.21. The maximum Gasteiger partial charge on any atom is 0.135 e. The molecule has 1 aliphatic heterocycles. The molecule has 0 saturated carbocycles. The molecule has 0 spiro atoms. The zero-order chi connectivity index (χ0) is 10.8. The van der Waals surface area contributed by atoms with Crippen LogP contribution in [0.4, 0.5) is 5.69 Å². The highest BCUT2D eigenvalue weighted by molar-refractivity contribution is 9.10. The molecule has 1 aliphatic rings. The van der Waals surface area contributed by atoms with Crippen LogP contribution >= 0.6 is 27.5 Å². The van der Waals surface area contributed by atoms with E-state index in [1.807, 2.05) is 12.1 Å². The molecule has 1 aromatic rings. The van der Waals surface area contributed by atoms with E-state index in [0.717, 1.165) is 34.0 Å². The third-order valence-corrected chi connectivity index (χ3v) is 3.75. The zero-order valence-corrected chi connectivity index (χ0v) is 10.9. The molecule has 1 fully saturated rings. The predicted molar refractivity (Wildman–Crippen MR) is 67.2 cm³/mol. The summed E-state index contributed by atoms with van der Waals surface area (Å²) in [6.07, 6.45) is 2.47. The van der Waals surface area contributed by atoms with E-state index in [1.165, 1.54) is 12.8 Å². The Labute approximate surface area is 103 Å². The number of nitrogens with zero attached hydrogens (tertiary/aromatic N) is 1. The monoisotopic (exact) mass is 289 g/mol. The molecule has 0 aromatic heterocycles. The molecule has 4 heteroatoms. The minimum Gasteiger partial charge on any atom is -0.495 e. The van der Waals surface area contributed by atoms with E-state index in [-0.39, 0.29) is 0 Å². The molecule has 2 rings (SSSR count). The summed E-state index contributed by atoms with van der Waals surface area (Å²) in [5.74, 6) is 0.835. The first-order valence-corrected chi connectivity index (χ1v) is 6.18. The average Bonchev–Trinajstić information content (AvgIpc) is 2.71. The Balaban J connectivity index is 2.43. The van der Waals surface area contributed by atoms with Crippen LogP contribution in [0.25, 0.3) is 0 Å². The minimum absolute atomic E-state index is 0.782. The first-order chi connectivity index (χ1) is 7.24. The molecule has 0 radical (unpaired) electrons. The normalized spacial score (nSPS) is 15.8. The Morgan fingerprint density at radius 1 is 1.33 bits per heavy atom. The van der Waals surface area contributed by atoms with Crippen LogP contribution in [-0.2, 0) is 0 Å². The van der Waals surface area contributed by atoms with E-state index in [2.05, 4.69) is 20.8 Å². The van der Waals surface area contributed by atoms with Crippen molar-refractivity contribution in [3.05, 3.63) is 21.6 Å². The fraction of sp³-hybridized carbons (Fsp3) is 0.455. The topological polar surface area (TPSA) is 12.5 Å². The van der Waals surface area contributed by atoms with Gasteiger partial charge in [0.1, 0.15) is 5.75 Å². The fourth-order valence-electron chi connectivity index (χ4n) is 1.91. The average molecular weight is 291 g/mol. The van der Waals surface area contributed by atoms with E-state index >= 15 is 0 Å². The second-order valence-electron chi connectivity index (χ2n) is 3.61. The van der Waals surface area contributed by atoms with E-state index in [9.17, 15) is 0 Å². The first-order valence-electron chi connectivity index (χ1n) is 5.01. The van der Waals surface area contributed by atoms with Gasteiger partial charge in [0.15, 0.2) is 0 Å². The quantitative estimate of drug-likeness (QED) is 0.823. The molecule has 0 bridgehead atoms. The van der Waals surface area contributed by atoms with Gasteiger partial charge in [0.25, 0.3) is 0 Å². The number of ether oxygens (including phenoxy) is 1. The van der Waals surface area contributed by atoms with Gasteiger partial charge in [0, 0.05) is 13.1 Å². The number of halogens is 2. The lowest BCUT2D eigenvalue weighted by Gasteiger charge is -2.21. The summed E-state index contributed by atoms with van der Waals surface area (Å²) >= 11 is 9.76. The van der Waals surface area contributed by atoms with Crippen molar-refractivity contribution in [2.24, 2.45) is 0 Å². The van der Waals surface area contributed by atoms with Gasteiger partial charge in [-0.15, -0.1) is 0 Å². The van der Waals surface area contributed by atoms with E-state index in [4.69, 9.17) is 16.3 Å². The van der Waals surface area contributed by atoms with Gasteiger partial charge in [-0.1, -0.05) is 11.6 Å². The molecular weight excluding hydrogens is 277 g/mol. The van der Waals surface area contributed by atoms with Crippen molar-refractivity contribution in [1.82, 2.24) is 0 Å². The van der Waals surface area contributed by atoms with Crippen LogP contribution in [0, 0.1) is 0 Å². The van der Waals surface area contributed by atoms with Crippen LogP contribution in [0.15, 0.2) is 16.6 Å². The molecule has 2 nitrogen and oxygen atoms in total. The number of hydrogen-bond donors (Lipinski definition) is 0. The molecule has 1 aromatic carbocycles. The van der Waals surface area contributed by atoms with Gasteiger partial charge in [0.2, 0.25) is 0 Å². The van der Waals surface area contributed by atoms with Crippen molar-refractivity contribution in [1.29, 1.82) is 0 Å². The Bertz CT molecular complexity index is 364. The van der Waals surface area contributed by atoms with E-state index < -0.39 is 0 Å². The molecule has 1 saturated heterocycles. The summed E-state index contributed by atoms with van der Waals surface area (Å²) < 4.78 is 6.23. The van der Waals surface area contributed by atoms with Gasteiger partial charge in [-0.2, -0.15) is 0 Å². The van der Waals surface area contributed by atoms with Crippen LogP contribution < -0.4 is 9.64 Å². The lowest BCUT2D eigenvalue weighted by Crippen LogP contribution is -2.18. The lowest BCUT2D eigenvalue weighted by molar-refractivity contribution is 0.412. The second-order valence-corrected chi connectivity index (χ2v) is 4.81. The first kappa shape index (κ1) is 11.1. The number of anilines is 1. The molecule has 0 amide bonds. The van der Waals surface area contributed by atoms with Crippen molar-refractivity contribution in [3.63, 3.8) is 0 Å². The molecule has 15 heavy (non-hydrogen) atoms. The van der Waals surface area contributed by atoms with Crippen LogP contribution in [0.5, 0.6) is 5.75 Å². The Hall–Kier alpha value is -0.410. The van der Waals surface area contributed by atoms with Crippen molar-refractivity contribution in [2.45, 2.75) is 12.8 Å². The molecule has 0 atom stereocenters. The molecule has 0 aliphatic carbocycles. The Morgan fingerprint density at radius 2 is 2.00 bits per heavy atom. The van der Waals surface area contributed by atoms with Crippen LogP contribution in [0.1, 0.15) is 12.8 Å². The smallest absolute Gasteiger partial charge is 0.135 e. The van der Waals surface area contributed by atoms with E-state index in [0.29, 0.717) is 0 Å². The summed E-state index contributed by atoms with van der Waals surface area (Å²) in [5, 5.41) is 0.782. The van der Waals surface area contributed by atoms with E-state index in [1.54, 1.807) is 7.11 Å². The predicted octanol–water partition coefficient (Wildman–Crippen LogP) is 3.71. The Kier molecular flexibility index (Phi) is 3.42. The van der Waals surface area contributed by atoms with Gasteiger partial charge < -0.3 is 9.64 Å². The second kappa shape index (κ2) is 4.62. The summed E-state index contributed by atoms with van der Waals surface area (Å²) in [7, 11) is 1.67. The highest BCUT2D eigenvalue weighted by Crippen LogP contribution is 2.41. The minimum atomic E-state index is 0.782. The highest BCUT2D eigenvalue weighted by atomic mass is 79.9. The van der Waals surface area contributed by atoms with Gasteiger partial charge in [0.05, 0.1) is 22.3 Å². The summed E-state index contributed by atoms with van der Waals surface area (Å²) in [4.78, 5) is 2.30. The van der Waals surface area contributed by atoms with Crippen molar-refractivity contribution in [2.75, 3.05) is 25.1 Å². The number of benzene rings is 1. The molecule has 0 N–H and O–H groups in total. The molecule has 82 valence electrons. The van der Waals surface area contributed by atoms with Gasteiger partial charge >= 0.3 is 0 Å². The molecule has 1 heterocycles. The van der Waals surface area contributed by atoms with Crippen molar-refractivity contribution in [3.8, 4) is 5.75 Å².